The van der Waals surface area contributed by atoms with Crippen molar-refractivity contribution in [2.24, 2.45) is 0 Å². The van der Waals surface area contributed by atoms with Gasteiger partial charge in [-0.1, -0.05) is 26.8 Å². The van der Waals surface area contributed by atoms with Crippen LogP contribution < -0.4 is 5.32 Å². The predicted molar refractivity (Wildman–Crippen MR) is 89.2 cm³/mol. The minimum atomic E-state index is -1.42. The smallest absolute Gasteiger partial charge is 0.329 e. The fraction of sp³-hybridized carbons (Fsp3) is 0.412. The number of carbonyl (C=O) groups is 2. The molecular weight excluding hydrogens is 327 g/mol. The first-order valence-electron chi connectivity index (χ1n) is 7.96. The van der Waals surface area contributed by atoms with Crippen LogP contribution in [0.5, 0.6) is 0 Å². The van der Waals surface area contributed by atoms with E-state index in [0.29, 0.717) is 11.5 Å². The Morgan fingerprint density at radius 1 is 1.40 bits per heavy atom. The van der Waals surface area contributed by atoms with Crippen molar-refractivity contribution in [2.75, 3.05) is 0 Å². The Morgan fingerprint density at radius 2 is 2.08 bits per heavy atom. The number of nitrogens with one attached hydrogen (secondary N) is 1. The topological polar surface area (TPSA) is 97.1 Å². The van der Waals surface area contributed by atoms with Gasteiger partial charge in [0.1, 0.15) is 17.2 Å². The maximum atomic E-state index is 13.5. The van der Waals surface area contributed by atoms with Gasteiger partial charge in [-0.15, -0.1) is 5.10 Å². The Balaban J connectivity index is 2.42. The van der Waals surface area contributed by atoms with Gasteiger partial charge in [0.25, 0.3) is 5.91 Å². The molecule has 7 nitrogen and oxygen atoms in total. The van der Waals surface area contributed by atoms with Crippen molar-refractivity contribution in [1.82, 2.24) is 20.1 Å². The lowest BCUT2D eigenvalue weighted by Gasteiger charge is -2.23. The standard InChI is InChI=1S/C17H21FN4O3/c1-5-17(4,16(24)25)20-15(23)13-19-14(10(2)3)22(21-13)12-8-6-7-11(18)9-12/h6-10H,5H2,1-4H3,(H,20,23)(H,24,25). The van der Waals surface area contributed by atoms with Gasteiger partial charge in [0.2, 0.25) is 5.82 Å². The summed E-state index contributed by atoms with van der Waals surface area (Å²) >= 11 is 0. The van der Waals surface area contributed by atoms with Gasteiger partial charge in [0.15, 0.2) is 0 Å². The largest absolute Gasteiger partial charge is 0.480 e. The van der Waals surface area contributed by atoms with Crippen LogP contribution in [0, 0.1) is 5.82 Å². The zero-order valence-corrected chi connectivity index (χ0v) is 14.6. The Hall–Kier alpha value is -2.77. The second-order valence-electron chi connectivity index (χ2n) is 6.28. The van der Waals surface area contributed by atoms with E-state index in [1.54, 1.807) is 13.0 Å². The number of benzene rings is 1. The van der Waals surface area contributed by atoms with Gasteiger partial charge in [-0.25, -0.2) is 18.9 Å². The summed E-state index contributed by atoms with van der Waals surface area (Å²) < 4.78 is 14.9. The van der Waals surface area contributed by atoms with E-state index in [-0.39, 0.29) is 18.2 Å². The SMILES string of the molecule is CCC(C)(NC(=O)c1nc(C(C)C)n(-c2cccc(F)c2)n1)C(=O)O. The molecule has 1 amide bonds. The van der Waals surface area contributed by atoms with Crippen molar-refractivity contribution in [2.45, 2.75) is 45.6 Å². The quantitative estimate of drug-likeness (QED) is 0.836. The van der Waals surface area contributed by atoms with Gasteiger partial charge < -0.3 is 10.4 Å². The normalized spacial score (nSPS) is 13.5. The van der Waals surface area contributed by atoms with Crippen LogP contribution in [0.1, 0.15) is 56.5 Å². The third-order valence-electron chi connectivity index (χ3n) is 3.97. The average molecular weight is 348 g/mol. The first kappa shape index (κ1) is 18.6. The minimum Gasteiger partial charge on any atom is -0.480 e. The van der Waals surface area contributed by atoms with Gasteiger partial charge in [-0.05, 0) is 31.5 Å². The second-order valence-corrected chi connectivity index (χ2v) is 6.28. The molecule has 0 aliphatic carbocycles. The highest BCUT2D eigenvalue weighted by Crippen LogP contribution is 2.19. The van der Waals surface area contributed by atoms with E-state index in [0.717, 1.165) is 0 Å². The van der Waals surface area contributed by atoms with Gasteiger partial charge in [-0.3, -0.25) is 4.79 Å². The molecule has 0 saturated heterocycles. The first-order chi connectivity index (χ1) is 11.7. The lowest BCUT2D eigenvalue weighted by Crippen LogP contribution is -2.52. The minimum absolute atomic E-state index is 0.0747. The number of aliphatic carboxylic acids is 1. The van der Waals surface area contributed by atoms with E-state index in [2.05, 4.69) is 15.4 Å². The van der Waals surface area contributed by atoms with Crippen LogP contribution in [-0.2, 0) is 4.79 Å². The molecule has 2 rings (SSSR count). The highest BCUT2D eigenvalue weighted by Gasteiger charge is 2.34. The van der Waals surface area contributed by atoms with Gasteiger partial charge >= 0.3 is 5.97 Å². The van der Waals surface area contributed by atoms with E-state index in [1.807, 2.05) is 13.8 Å². The van der Waals surface area contributed by atoms with Crippen molar-refractivity contribution in [3.63, 3.8) is 0 Å². The first-order valence-corrected chi connectivity index (χ1v) is 7.96. The molecule has 1 unspecified atom stereocenters. The molecule has 0 bridgehead atoms. The lowest BCUT2D eigenvalue weighted by atomic mass is 9.99. The molecule has 2 aromatic rings. The third-order valence-corrected chi connectivity index (χ3v) is 3.97. The van der Waals surface area contributed by atoms with E-state index in [4.69, 9.17) is 0 Å². The molecule has 25 heavy (non-hydrogen) atoms. The number of rotatable bonds is 6. The van der Waals surface area contributed by atoms with Crippen LogP contribution >= 0.6 is 0 Å². The maximum absolute atomic E-state index is 13.5. The number of aromatic nitrogens is 3. The molecule has 0 aliphatic rings. The molecule has 1 atom stereocenters. The summed E-state index contributed by atoms with van der Waals surface area (Å²) in [5.74, 6) is -2.02. The molecule has 0 spiro atoms. The number of hydrogen-bond donors (Lipinski definition) is 2. The van der Waals surface area contributed by atoms with E-state index >= 15 is 0 Å². The molecular formula is C17H21FN4O3. The molecule has 1 aromatic heterocycles. The Kier molecular flexibility index (Phi) is 5.20. The highest BCUT2D eigenvalue weighted by atomic mass is 19.1. The summed E-state index contributed by atoms with van der Waals surface area (Å²) in [5.41, 5.74) is -0.980. The zero-order chi connectivity index (χ0) is 18.8. The molecule has 0 fully saturated rings. The summed E-state index contributed by atoms with van der Waals surface area (Å²) in [5, 5.41) is 15.9. The van der Waals surface area contributed by atoms with Crippen molar-refractivity contribution in [3.05, 3.63) is 41.7 Å². The van der Waals surface area contributed by atoms with Crippen LogP contribution in [0.2, 0.25) is 0 Å². The van der Waals surface area contributed by atoms with Crippen molar-refractivity contribution in [1.29, 1.82) is 0 Å². The Labute approximate surface area is 144 Å². The van der Waals surface area contributed by atoms with Crippen molar-refractivity contribution >= 4 is 11.9 Å². The number of hydrogen-bond acceptors (Lipinski definition) is 4. The highest BCUT2D eigenvalue weighted by molar-refractivity contribution is 5.94. The van der Waals surface area contributed by atoms with Crippen LogP contribution in [-0.4, -0.2) is 37.3 Å². The monoisotopic (exact) mass is 348 g/mol. The van der Waals surface area contributed by atoms with Crippen molar-refractivity contribution < 1.29 is 19.1 Å². The molecule has 0 aliphatic heterocycles. The van der Waals surface area contributed by atoms with E-state index in [9.17, 15) is 19.1 Å². The second kappa shape index (κ2) is 7.00. The van der Waals surface area contributed by atoms with Crippen LogP contribution in [0.25, 0.3) is 5.69 Å². The molecule has 0 radical (unpaired) electrons. The number of nitrogens with zero attached hydrogens (tertiary/aromatic N) is 3. The molecule has 0 saturated carbocycles. The van der Waals surface area contributed by atoms with E-state index in [1.165, 1.54) is 29.8 Å². The summed E-state index contributed by atoms with van der Waals surface area (Å²) in [6.07, 6.45) is 0.204. The molecule has 2 N–H and O–H groups in total. The molecule has 1 aromatic carbocycles. The van der Waals surface area contributed by atoms with Crippen LogP contribution in [0.3, 0.4) is 0 Å². The number of carbonyl (C=O) groups excluding carboxylic acids is 1. The van der Waals surface area contributed by atoms with Crippen LogP contribution in [0.4, 0.5) is 4.39 Å². The van der Waals surface area contributed by atoms with E-state index < -0.39 is 23.2 Å². The average Bonchev–Trinajstić information content (AvgIpc) is 3.00. The van der Waals surface area contributed by atoms with Gasteiger partial charge in [0, 0.05) is 5.92 Å². The zero-order valence-electron chi connectivity index (χ0n) is 14.6. The summed E-state index contributed by atoms with van der Waals surface area (Å²) in [6.45, 7) is 6.82. The Bertz CT molecular complexity index is 803. The number of carboxylic acids is 1. The van der Waals surface area contributed by atoms with Gasteiger partial charge in [0.05, 0.1) is 5.69 Å². The lowest BCUT2D eigenvalue weighted by molar-refractivity contribution is -0.143. The number of halogens is 1. The number of carboxylic acid groups (broad SMARTS) is 1. The molecule has 8 heteroatoms. The fourth-order valence-electron chi connectivity index (χ4n) is 2.19. The number of amides is 1. The molecule has 134 valence electrons. The molecule has 1 heterocycles. The Morgan fingerprint density at radius 3 is 2.60 bits per heavy atom. The summed E-state index contributed by atoms with van der Waals surface area (Å²) in [6, 6.07) is 5.78. The predicted octanol–water partition coefficient (Wildman–Crippen LogP) is 2.51. The van der Waals surface area contributed by atoms with Crippen LogP contribution in [0.15, 0.2) is 24.3 Å². The van der Waals surface area contributed by atoms with Crippen molar-refractivity contribution in [3.8, 4) is 5.69 Å². The fourth-order valence-corrected chi connectivity index (χ4v) is 2.19. The summed E-state index contributed by atoms with van der Waals surface area (Å²) in [4.78, 5) is 28.0. The maximum Gasteiger partial charge on any atom is 0.329 e. The third kappa shape index (κ3) is 3.84. The summed E-state index contributed by atoms with van der Waals surface area (Å²) in [7, 11) is 0. The van der Waals surface area contributed by atoms with Gasteiger partial charge in [-0.2, -0.15) is 0 Å².